The van der Waals surface area contributed by atoms with Crippen LogP contribution in [0.25, 0.3) is 0 Å². The summed E-state index contributed by atoms with van der Waals surface area (Å²) >= 11 is 0. The number of carbonyl (C=O) groups excluding carboxylic acids is 1. The number of carbonyl (C=O) groups is 1. The molecule has 4 fully saturated rings. The number of rotatable bonds is 5. The molecule has 0 spiro atoms. The van der Waals surface area contributed by atoms with Crippen molar-refractivity contribution in [3.05, 3.63) is 29.8 Å². The molecule has 1 amide bonds. The topological polar surface area (TPSA) is 29.5 Å². The first-order chi connectivity index (χ1) is 11.6. The van der Waals surface area contributed by atoms with Gasteiger partial charge in [-0.2, -0.15) is 0 Å². The summed E-state index contributed by atoms with van der Waals surface area (Å²) < 4.78 is 5.87. The standard InChI is InChI=1S/C21H29NO2/c1-14-5-3-4-6-19(14)24-8-7-22(2)21(23)20-17-10-15-9-16(12-17)13-18(20)11-15/h3-6,15-18,20H,7-13H2,1-2H3. The molecular weight excluding hydrogens is 298 g/mol. The van der Waals surface area contributed by atoms with E-state index in [-0.39, 0.29) is 0 Å². The maximum atomic E-state index is 13.0. The molecular formula is C21H29NO2. The lowest BCUT2D eigenvalue weighted by Crippen LogP contribution is -2.51. The molecule has 3 heteroatoms. The molecule has 0 unspecified atom stereocenters. The highest BCUT2D eigenvalue weighted by Gasteiger charge is 2.51. The second-order valence-electron chi connectivity index (χ2n) is 8.33. The van der Waals surface area contributed by atoms with Crippen molar-refractivity contribution in [3.63, 3.8) is 0 Å². The van der Waals surface area contributed by atoms with Crippen molar-refractivity contribution in [3.8, 4) is 5.75 Å². The highest BCUT2D eigenvalue weighted by Crippen LogP contribution is 2.56. The molecule has 0 atom stereocenters. The van der Waals surface area contributed by atoms with Crippen LogP contribution in [0.4, 0.5) is 0 Å². The fourth-order valence-corrected chi connectivity index (χ4v) is 5.70. The van der Waals surface area contributed by atoms with E-state index in [9.17, 15) is 4.79 Å². The summed E-state index contributed by atoms with van der Waals surface area (Å²) in [6.07, 6.45) is 6.65. The molecule has 0 saturated heterocycles. The van der Waals surface area contributed by atoms with Gasteiger partial charge in [-0.15, -0.1) is 0 Å². The van der Waals surface area contributed by atoms with E-state index in [2.05, 4.69) is 13.0 Å². The predicted octanol–water partition coefficient (Wildman–Crippen LogP) is 3.90. The molecule has 0 heterocycles. The van der Waals surface area contributed by atoms with Crippen molar-refractivity contribution < 1.29 is 9.53 Å². The molecule has 5 rings (SSSR count). The van der Waals surface area contributed by atoms with Gasteiger partial charge in [0, 0.05) is 13.0 Å². The van der Waals surface area contributed by atoms with Crippen molar-refractivity contribution in [1.29, 1.82) is 0 Å². The number of amides is 1. The lowest BCUT2D eigenvalue weighted by molar-refractivity contribution is -0.148. The van der Waals surface area contributed by atoms with Crippen LogP contribution in [0.2, 0.25) is 0 Å². The molecule has 0 aromatic heterocycles. The first-order valence-corrected chi connectivity index (χ1v) is 9.55. The monoisotopic (exact) mass is 327 g/mol. The smallest absolute Gasteiger partial charge is 0.226 e. The van der Waals surface area contributed by atoms with Gasteiger partial charge in [-0.3, -0.25) is 4.79 Å². The third kappa shape index (κ3) is 2.94. The summed E-state index contributed by atoms with van der Waals surface area (Å²) in [5.74, 6) is 4.76. The average Bonchev–Trinajstić information content (AvgIpc) is 2.55. The van der Waals surface area contributed by atoms with E-state index in [1.165, 1.54) is 32.1 Å². The molecule has 0 N–H and O–H groups in total. The average molecular weight is 327 g/mol. The summed E-state index contributed by atoms with van der Waals surface area (Å²) in [6, 6.07) is 8.06. The van der Waals surface area contributed by atoms with Crippen molar-refractivity contribution in [1.82, 2.24) is 4.90 Å². The van der Waals surface area contributed by atoms with Gasteiger partial charge in [0.1, 0.15) is 12.4 Å². The lowest BCUT2D eigenvalue weighted by Gasteiger charge is -2.54. The Bertz CT molecular complexity index is 584. The molecule has 130 valence electrons. The summed E-state index contributed by atoms with van der Waals surface area (Å²) in [4.78, 5) is 14.9. The van der Waals surface area contributed by atoms with Gasteiger partial charge in [0.25, 0.3) is 0 Å². The zero-order valence-corrected chi connectivity index (χ0v) is 14.9. The minimum atomic E-state index is 0.293. The number of benzene rings is 1. The summed E-state index contributed by atoms with van der Waals surface area (Å²) in [5, 5.41) is 0. The van der Waals surface area contributed by atoms with Gasteiger partial charge in [0.15, 0.2) is 0 Å². The zero-order valence-electron chi connectivity index (χ0n) is 14.9. The number of likely N-dealkylation sites (N-methyl/N-ethyl adjacent to an activating group) is 1. The predicted molar refractivity (Wildman–Crippen MR) is 94.8 cm³/mol. The molecule has 1 aromatic rings. The molecule has 4 saturated carbocycles. The van der Waals surface area contributed by atoms with Gasteiger partial charge in [0.05, 0.1) is 6.54 Å². The van der Waals surface area contributed by atoms with Gasteiger partial charge in [-0.25, -0.2) is 0 Å². The Balaban J connectivity index is 1.32. The van der Waals surface area contributed by atoms with Crippen LogP contribution in [-0.2, 0) is 4.79 Å². The molecule has 1 aromatic carbocycles. The van der Waals surface area contributed by atoms with E-state index in [0.717, 1.165) is 23.1 Å². The van der Waals surface area contributed by atoms with Gasteiger partial charge >= 0.3 is 0 Å². The maximum absolute atomic E-state index is 13.0. The normalized spacial score (nSPS) is 33.5. The van der Waals surface area contributed by atoms with Crippen LogP contribution in [0.15, 0.2) is 24.3 Å². The van der Waals surface area contributed by atoms with Crippen LogP contribution in [0.3, 0.4) is 0 Å². The largest absolute Gasteiger partial charge is 0.491 e. The van der Waals surface area contributed by atoms with Crippen LogP contribution >= 0.6 is 0 Å². The SMILES string of the molecule is Cc1ccccc1OCCN(C)C(=O)C1C2CC3CC(C2)CC1C3. The molecule has 4 bridgehead atoms. The number of nitrogens with zero attached hydrogens (tertiary/aromatic N) is 1. The minimum absolute atomic E-state index is 0.293. The Labute approximate surface area is 145 Å². The van der Waals surface area contributed by atoms with Crippen molar-refractivity contribution >= 4 is 5.91 Å². The van der Waals surface area contributed by atoms with Crippen LogP contribution in [-0.4, -0.2) is 31.0 Å². The highest BCUT2D eigenvalue weighted by atomic mass is 16.5. The lowest BCUT2D eigenvalue weighted by atomic mass is 9.51. The Morgan fingerprint density at radius 3 is 2.33 bits per heavy atom. The zero-order chi connectivity index (χ0) is 16.7. The Morgan fingerprint density at radius 1 is 1.08 bits per heavy atom. The Morgan fingerprint density at radius 2 is 1.71 bits per heavy atom. The number of ether oxygens (including phenoxy) is 1. The van der Waals surface area contributed by atoms with Gasteiger partial charge in [-0.05, 0) is 74.3 Å². The number of hydrogen-bond acceptors (Lipinski definition) is 2. The van der Waals surface area contributed by atoms with Crippen molar-refractivity contribution in [2.24, 2.45) is 29.6 Å². The second-order valence-corrected chi connectivity index (χ2v) is 8.33. The number of para-hydroxylation sites is 1. The Kier molecular flexibility index (Phi) is 4.28. The van der Waals surface area contributed by atoms with Crippen LogP contribution in [0.1, 0.15) is 37.7 Å². The first-order valence-electron chi connectivity index (χ1n) is 9.55. The van der Waals surface area contributed by atoms with E-state index < -0.39 is 0 Å². The van der Waals surface area contributed by atoms with Crippen LogP contribution in [0, 0.1) is 36.5 Å². The van der Waals surface area contributed by atoms with Crippen molar-refractivity contribution in [2.75, 3.05) is 20.2 Å². The molecule has 4 aliphatic carbocycles. The molecule has 0 aliphatic heterocycles. The third-order valence-electron chi connectivity index (χ3n) is 6.67. The van der Waals surface area contributed by atoms with E-state index in [4.69, 9.17) is 4.74 Å². The van der Waals surface area contributed by atoms with Crippen LogP contribution in [0.5, 0.6) is 5.75 Å². The quantitative estimate of drug-likeness (QED) is 0.821. The molecule has 0 radical (unpaired) electrons. The van der Waals surface area contributed by atoms with E-state index in [1.807, 2.05) is 30.1 Å². The summed E-state index contributed by atoms with van der Waals surface area (Å²) in [6.45, 7) is 3.30. The fourth-order valence-electron chi connectivity index (χ4n) is 5.70. The van der Waals surface area contributed by atoms with Crippen LogP contribution < -0.4 is 4.74 Å². The van der Waals surface area contributed by atoms with Gasteiger partial charge in [-0.1, -0.05) is 18.2 Å². The van der Waals surface area contributed by atoms with E-state index in [1.54, 1.807) is 0 Å². The Hall–Kier alpha value is -1.51. The third-order valence-corrected chi connectivity index (χ3v) is 6.67. The molecule has 24 heavy (non-hydrogen) atoms. The highest BCUT2D eigenvalue weighted by molar-refractivity contribution is 5.79. The molecule has 3 nitrogen and oxygen atoms in total. The minimum Gasteiger partial charge on any atom is -0.491 e. The summed E-state index contributed by atoms with van der Waals surface area (Å²) in [5.41, 5.74) is 1.15. The van der Waals surface area contributed by atoms with E-state index in [0.29, 0.717) is 36.8 Å². The van der Waals surface area contributed by atoms with Crippen molar-refractivity contribution in [2.45, 2.75) is 39.0 Å². The van der Waals surface area contributed by atoms with E-state index >= 15 is 0 Å². The van der Waals surface area contributed by atoms with Gasteiger partial charge < -0.3 is 9.64 Å². The fraction of sp³-hybridized carbons (Fsp3) is 0.667. The second kappa shape index (κ2) is 6.42. The molecule has 4 aliphatic rings. The summed E-state index contributed by atoms with van der Waals surface area (Å²) in [7, 11) is 1.95. The number of hydrogen-bond donors (Lipinski definition) is 0. The maximum Gasteiger partial charge on any atom is 0.226 e. The van der Waals surface area contributed by atoms with Gasteiger partial charge in [0.2, 0.25) is 5.91 Å². The first kappa shape index (κ1) is 16.0. The number of aryl methyl sites for hydroxylation is 1.